The van der Waals surface area contributed by atoms with E-state index in [2.05, 4.69) is 4.98 Å². The Kier molecular flexibility index (Phi) is 4.86. The molecule has 3 rings (SSSR count). The Morgan fingerprint density at radius 1 is 1.00 bits per heavy atom. The summed E-state index contributed by atoms with van der Waals surface area (Å²) in [6.45, 7) is 1.75. The number of H-pyrrole nitrogens is 1. The van der Waals surface area contributed by atoms with Crippen LogP contribution < -0.4 is 0 Å². The molecular weight excluding hydrogens is 386 g/mol. The maximum Gasteiger partial charge on any atom is 0.454 e. The summed E-state index contributed by atoms with van der Waals surface area (Å²) < 4.78 is 38.7. The minimum atomic E-state index is -4.94. The number of halogens is 5. The van der Waals surface area contributed by atoms with E-state index in [0.29, 0.717) is 21.3 Å². The molecule has 1 N–H and O–H groups in total. The van der Waals surface area contributed by atoms with Crippen LogP contribution in [0.5, 0.6) is 0 Å². The maximum absolute atomic E-state index is 12.9. The quantitative estimate of drug-likeness (QED) is 0.489. The molecule has 0 aliphatic heterocycles. The van der Waals surface area contributed by atoms with Crippen LogP contribution in [0.15, 0.2) is 48.7 Å². The third-order valence-corrected chi connectivity index (χ3v) is 4.45. The summed E-state index contributed by atoms with van der Waals surface area (Å²) in [7, 11) is 0. The van der Waals surface area contributed by atoms with Crippen LogP contribution >= 0.6 is 23.2 Å². The molecule has 0 spiro atoms. The van der Waals surface area contributed by atoms with Gasteiger partial charge in [0.2, 0.25) is 0 Å². The Morgan fingerprint density at radius 2 is 1.62 bits per heavy atom. The fraction of sp³-hybridized carbons (Fsp3) is 0.105. The molecule has 3 aromatic rings. The van der Waals surface area contributed by atoms with Crippen molar-refractivity contribution >= 4 is 29.0 Å². The van der Waals surface area contributed by atoms with E-state index in [4.69, 9.17) is 23.2 Å². The second-order valence-corrected chi connectivity index (χ2v) is 6.61. The summed E-state index contributed by atoms with van der Waals surface area (Å²) in [6, 6.07) is 10.6. The molecule has 134 valence electrons. The molecular formula is C19H12Cl2F3NO. The fourth-order valence-electron chi connectivity index (χ4n) is 2.84. The number of rotatable bonds is 3. The van der Waals surface area contributed by atoms with E-state index in [1.165, 1.54) is 18.2 Å². The number of hydrogen-bond donors (Lipinski definition) is 1. The van der Waals surface area contributed by atoms with Gasteiger partial charge in [0, 0.05) is 38.6 Å². The smallest absolute Gasteiger partial charge is 0.360 e. The zero-order valence-electron chi connectivity index (χ0n) is 13.4. The highest BCUT2D eigenvalue weighted by Gasteiger charge is 2.40. The average Bonchev–Trinajstić information content (AvgIpc) is 2.94. The van der Waals surface area contributed by atoms with Crippen LogP contribution in [0.25, 0.3) is 22.4 Å². The van der Waals surface area contributed by atoms with Crippen LogP contribution in [0, 0.1) is 6.92 Å². The summed E-state index contributed by atoms with van der Waals surface area (Å²) in [5.41, 5.74) is 2.36. The molecule has 2 nitrogen and oxygen atoms in total. The zero-order chi connectivity index (χ0) is 19.1. The molecule has 0 saturated carbocycles. The Bertz CT molecular complexity index is 972. The van der Waals surface area contributed by atoms with E-state index in [1.54, 1.807) is 37.4 Å². The number of Topliss-reactive ketones (excluding diaryl/α,β-unsaturated/α-hetero) is 1. The van der Waals surface area contributed by atoms with Crippen LogP contribution in [-0.2, 0) is 0 Å². The number of nitrogens with one attached hydrogen (secondary N) is 1. The molecule has 0 saturated heterocycles. The number of hydrogen-bond acceptors (Lipinski definition) is 1. The molecule has 0 bridgehead atoms. The lowest BCUT2D eigenvalue weighted by Crippen LogP contribution is -2.23. The largest absolute Gasteiger partial charge is 0.454 e. The number of carbonyl (C=O) groups is 1. The highest BCUT2D eigenvalue weighted by molar-refractivity contribution is 6.35. The van der Waals surface area contributed by atoms with Crippen LogP contribution in [-0.4, -0.2) is 16.9 Å². The Labute approximate surface area is 157 Å². The van der Waals surface area contributed by atoms with Crippen molar-refractivity contribution in [3.63, 3.8) is 0 Å². The van der Waals surface area contributed by atoms with Crippen molar-refractivity contribution in [1.29, 1.82) is 0 Å². The molecule has 0 atom stereocenters. The van der Waals surface area contributed by atoms with E-state index in [9.17, 15) is 18.0 Å². The lowest BCUT2D eigenvalue weighted by Gasteiger charge is -2.11. The van der Waals surface area contributed by atoms with Crippen LogP contribution in [0.2, 0.25) is 10.0 Å². The first kappa shape index (κ1) is 18.5. The molecule has 2 aromatic carbocycles. The van der Waals surface area contributed by atoms with Gasteiger partial charge in [-0.1, -0.05) is 47.5 Å². The maximum atomic E-state index is 12.9. The lowest BCUT2D eigenvalue weighted by molar-refractivity contribution is -0.0884. The zero-order valence-corrected chi connectivity index (χ0v) is 14.9. The SMILES string of the molecule is Cc1c(-c2cc(Cl)cc(Cl)c2)c[nH]c1-c1ccccc1C(=O)C(F)(F)F. The fourth-order valence-corrected chi connectivity index (χ4v) is 3.36. The summed E-state index contributed by atoms with van der Waals surface area (Å²) in [4.78, 5) is 14.7. The van der Waals surface area contributed by atoms with Crippen molar-refractivity contribution in [2.75, 3.05) is 0 Å². The molecule has 0 radical (unpaired) electrons. The Balaban J connectivity index is 2.14. The second kappa shape index (κ2) is 6.82. The molecule has 0 aliphatic rings. The van der Waals surface area contributed by atoms with Gasteiger partial charge in [-0.05, 0) is 36.2 Å². The highest BCUT2D eigenvalue weighted by Crippen LogP contribution is 2.36. The van der Waals surface area contributed by atoms with E-state index in [0.717, 1.165) is 11.1 Å². The number of aromatic amines is 1. The van der Waals surface area contributed by atoms with Gasteiger partial charge in [0.05, 0.1) is 0 Å². The molecule has 0 unspecified atom stereocenters. The van der Waals surface area contributed by atoms with Crippen molar-refractivity contribution in [2.24, 2.45) is 0 Å². The predicted octanol–water partition coefficient (Wildman–Crippen LogP) is 6.71. The van der Waals surface area contributed by atoms with E-state index < -0.39 is 17.5 Å². The van der Waals surface area contributed by atoms with Gasteiger partial charge in [-0.25, -0.2) is 0 Å². The van der Waals surface area contributed by atoms with Gasteiger partial charge in [0.25, 0.3) is 5.78 Å². The van der Waals surface area contributed by atoms with Gasteiger partial charge in [0.1, 0.15) is 0 Å². The van der Waals surface area contributed by atoms with Gasteiger partial charge >= 0.3 is 6.18 Å². The molecule has 1 aromatic heterocycles. The normalized spacial score (nSPS) is 11.6. The van der Waals surface area contributed by atoms with E-state index in [1.807, 2.05) is 0 Å². The number of carbonyl (C=O) groups excluding carboxylic acids is 1. The van der Waals surface area contributed by atoms with Gasteiger partial charge in [-0.2, -0.15) is 13.2 Å². The lowest BCUT2D eigenvalue weighted by atomic mass is 9.96. The molecule has 0 fully saturated rings. The summed E-state index contributed by atoms with van der Waals surface area (Å²) in [6.07, 6.45) is -3.29. The molecule has 0 aliphatic carbocycles. The number of benzene rings is 2. The van der Waals surface area contributed by atoms with Crippen molar-refractivity contribution in [3.8, 4) is 22.4 Å². The first-order valence-electron chi connectivity index (χ1n) is 7.54. The van der Waals surface area contributed by atoms with Gasteiger partial charge < -0.3 is 4.98 Å². The van der Waals surface area contributed by atoms with Crippen LogP contribution in [0.4, 0.5) is 13.2 Å². The minimum absolute atomic E-state index is 0.187. The van der Waals surface area contributed by atoms with Gasteiger partial charge in [-0.3, -0.25) is 4.79 Å². The topological polar surface area (TPSA) is 32.9 Å². The average molecular weight is 398 g/mol. The molecule has 26 heavy (non-hydrogen) atoms. The van der Waals surface area contributed by atoms with Crippen molar-refractivity contribution < 1.29 is 18.0 Å². The van der Waals surface area contributed by atoms with Gasteiger partial charge in [0.15, 0.2) is 0 Å². The first-order valence-corrected chi connectivity index (χ1v) is 8.29. The monoisotopic (exact) mass is 397 g/mol. The van der Waals surface area contributed by atoms with Gasteiger partial charge in [-0.15, -0.1) is 0 Å². The van der Waals surface area contributed by atoms with Crippen molar-refractivity contribution in [2.45, 2.75) is 13.1 Å². The Hall–Kier alpha value is -2.24. The summed E-state index contributed by atoms with van der Waals surface area (Å²) >= 11 is 12.1. The molecule has 0 amide bonds. The van der Waals surface area contributed by atoms with E-state index >= 15 is 0 Å². The number of alkyl halides is 3. The highest BCUT2D eigenvalue weighted by atomic mass is 35.5. The summed E-state index contributed by atoms with van der Waals surface area (Å²) in [5, 5.41) is 0.893. The Morgan fingerprint density at radius 3 is 2.23 bits per heavy atom. The number of ketones is 1. The van der Waals surface area contributed by atoms with Crippen molar-refractivity contribution in [3.05, 3.63) is 69.8 Å². The van der Waals surface area contributed by atoms with E-state index in [-0.39, 0.29) is 5.56 Å². The standard InChI is InChI=1S/C19H12Cl2F3NO/c1-10-16(11-6-12(20)8-13(21)7-11)9-25-17(10)14-4-2-3-5-15(14)18(26)19(22,23)24/h2-9,25H,1H3. The minimum Gasteiger partial charge on any atom is -0.360 e. The third kappa shape index (κ3) is 3.50. The molecule has 7 heteroatoms. The second-order valence-electron chi connectivity index (χ2n) is 5.73. The van der Waals surface area contributed by atoms with Crippen LogP contribution in [0.3, 0.4) is 0 Å². The van der Waals surface area contributed by atoms with Crippen molar-refractivity contribution in [1.82, 2.24) is 4.98 Å². The van der Waals surface area contributed by atoms with Crippen LogP contribution in [0.1, 0.15) is 15.9 Å². The third-order valence-electron chi connectivity index (χ3n) is 4.01. The predicted molar refractivity (Wildman–Crippen MR) is 96.8 cm³/mol. The number of aromatic nitrogens is 1. The first-order chi connectivity index (χ1) is 12.2. The molecule has 1 heterocycles. The summed E-state index contributed by atoms with van der Waals surface area (Å²) in [5.74, 6) is -1.88.